The molecule has 1 aromatic carbocycles. The molecule has 0 unspecified atom stereocenters. The molecule has 2 heterocycles. The van der Waals surface area contributed by atoms with E-state index in [1.807, 2.05) is 0 Å². The van der Waals surface area contributed by atoms with Gasteiger partial charge in [-0.25, -0.2) is 9.59 Å². The van der Waals surface area contributed by atoms with Gasteiger partial charge in [-0.05, 0) is 24.3 Å². The van der Waals surface area contributed by atoms with E-state index in [0.717, 1.165) is 0 Å². The van der Waals surface area contributed by atoms with Crippen LogP contribution in [0.15, 0.2) is 24.3 Å². The van der Waals surface area contributed by atoms with E-state index in [4.69, 9.17) is 19.7 Å². The highest BCUT2D eigenvalue weighted by Gasteiger charge is 2.13. The third-order valence-electron chi connectivity index (χ3n) is 2.01. The number of benzene rings is 1. The lowest BCUT2D eigenvalue weighted by Gasteiger charge is -2.09. The van der Waals surface area contributed by atoms with Crippen molar-refractivity contribution in [1.82, 2.24) is 0 Å². The fourth-order valence-electron chi connectivity index (χ4n) is 1.18. The number of ether oxygens (including phenoxy) is 2. The first-order valence-corrected chi connectivity index (χ1v) is 5.35. The molecule has 0 saturated heterocycles. The van der Waals surface area contributed by atoms with Crippen LogP contribution in [0.2, 0.25) is 0 Å². The quantitative estimate of drug-likeness (QED) is 0.684. The van der Waals surface area contributed by atoms with E-state index >= 15 is 0 Å². The summed E-state index contributed by atoms with van der Waals surface area (Å²) in [4.78, 5) is 22.5. The third-order valence-corrected chi connectivity index (χ3v) is 2.01. The molecule has 18 heavy (non-hydrogen) atoms. The van der Waals surface area contributed by atoms with E-state index in [9.17, 15) is 9.59 Å². The van der Waals surface area contributed by atoms with E-state index in [1.54, 1.807) is 24.3 Å². The third kappa shape index (κ3) is 4.15. The smallest absolute Gasteiger partial charge is 0.338 e. The van der Waals surface area contributed by atoms with Gasteiger partial charge in [-0.1, -0.05) is 0 Å². The lowest BCUT2D eigenvalue weighted by molar-refractivity contribution is 0.0260. The molecule has 0 saturated carbocycles. The maximum Gasteiger partial charge on any atom is 0.338 e. The molecule has 0 aliphatic carbocycles. The number of hydrogen-bond donors (Lipinski definition) is 2. The van der Waals surface area contributed by atoms with Crippen molar-refractivity contribution in [3.05, 3.63) is 35.4 Å². The van der Waals surface area contributed by atoms with Crippen molar-refractivity contribution in [3.63, 3.8) is 0 Å². The zero-order chi connectivity index (χ0) is 13.4. The van der Waals surface area contributed by atoms with Crippen LogP contribution in [0.1, 0.15) is 20.7 Å². The zero-order valence-corrected chi connectivity index (χ0v) is 9.67. The Hall–Kier alpha value is -1.92. The molecule has 6 nitrogen and oxygen atoms in total. The molecule has 2 N–H and O–H groups in total. The van der Waals surface area contributed by atoms with Gasteiger partial charge in [0.1, 0.15) is 13.2 Å². The highest BCUT2D eigenvalue weighted by Crippen LogP contribution is 2.09. The van der Waals surface area contributed by atoms with Crippen LogP contribution in [0.3, 0.4) is 0 Å². The molecule has 0 atom stereocenters. The topological polar surface area (TPSA) is 93.1 Å². The van der Waals surface area contributed by atoms with Crippen molar-refractivity contribution >= 4 is 11.9 Å². The first kappa shape index (κ1) is 14.1. The molecule has 0 fully saturated rings. The number of carbonyl (C=O) groups excluding carboxylic acids is 2. The molecule has 1 aromatic rings. The maximum atomic E-state index is 11.3. The van der Waals surface area contributed by atoms with E-state index in [-0.39, 0.29) is 26.4 Å². The first-order chi connectivity index (χ1) is 8.69. The van der Waals surface area contributed by atoms with Crippen molar-refractivity contribution in [2.24, 2.45) is 0 Å². The number of rotatable bonds is 1. The largest absolute Gasteiger partial charge is 0.458 e. The molecular weight excluding hydrogens is 240 g/mol. The Morgan fingerprint density at radius 2 is 1.17 bits per heavy atom. The number of esters is 2. The van der Waals surface area contributed by atoms with E-state index in [2.05, 4.69) is 0 Å². The summed E-state index contributed by atoms with van der Waals surface area (Å²) in [6.07, 6.45) is 0. The van der Waals surface area contributed by atoms with Crippen molar-refractivity contribution in [2.45, 2.75) is 0 Å². The van der Waals surface area contributed by atoms with Crippen LogP contribution in [0.5, 0.6) is 0 Å². The minimum atomic E-state index is -0.394. The van der Waals surface area contributed by atoms with E-state index in [0.29, 0.717) is 11.1 Å². The van der Waals surface area contributed by atoms with Crippen molar-refractivity contribution in [3.8, 4) is 0 Å². The van der Waals surface area contributed by atoms with Gasteiger partial charge < -0.3 is 19.7 Å². The fourth-order valence-corrected chi connectivity index (χ4v) is 1.18. The maximum absolute atomic E-state index is 11.3. The van der Waals surface area contributed by atoms with Crippen LogP contribution in [0.25, 0.3) is 0 Å². The number of hydrogen-bond acceptors (Lipinski definition) is 6. The van der Waals surface area contributed by atoms with Gasteiger partial charge in [-0.3, -0.25) is 0 Å². The van der Waals surface area contributed by atoms with Crippen LogP contribution in [0.4, 0.5) is 0 Å². The van der Waals surface area contributed by atoms with Gasteiger partial charge in [0, 0.05) is 0 Å². The van der Waals surface area contributed by atoms with Crippen LogP contribution in [0, 0.1) is 0 Å². The first-order valence-electron chi connectivity index (χ1n) is 5.35. The van der Waals surface area contributed by atoms with E-state index in [1.165, 1.54) is 0 Å². The normalized spacial score (nSPS) is 14.1. The van der Waals surface area contributed by atoms with Gasteiger partial charge >= 0.3 is 11.9 Å². The Bertz CT molecular complexity index is 359. The molecule has 0 spiro atoms. The van der Waals surface area contributed by atoms with Gasteiger partial charge in [0.25, 0.3) is 0 Å². The summed E-state index contributed by atoms with van der Waals surface area (Å²) in [7, 11) is 0. The Morgan fingerprint density at radius 3 is 1.44 bits per heavy atom. The van der Waals surface area contributed by atoms with Crippen molar-refractivity contribution in [1.29, 1.82) is 0 Å². The highest BCUT2D eigenvalue weighted by molar-refractivity contribution is 5.93. The molecular formula is C12H14O6. The standard InChI is InChI=1S/C10H8O4.C2H6O2/c11-9-7-1-2-8(4-3-7)10(12)14-6-5-13-9;3-1-2-4/h1-4H,5-6H2;3-4H,1-2H2. The molecule has 6 heteroatoms. The van der Waals surface area contributed by atoms with Crippen molar-refractivity contribution in [2.75, 3.05) is 26.4 Å². The van der Waals surface area contributed by atoms with Gasteiger partial charge in [-0.15, -0.1) is 0 Å². The minimum absolute atomic E-state index is 0.100. The van der Waals surface area contributed by atoms with Crippen LogP contribution < -0.4 is 0 Å². The SMILES string of the molecule is O=C1OCCOC(=O)c2ccc1cc2.OCCO. The number of aliphatic hydroxyl groups is 2. The molecule has 0 amide bonds. The zero-order valence-electron chi connectivity index (χ0n) is 9.67. The predicted octanol–water partition coefficient (Wildman–Crippen LogP) is -0.0152. The number of aliphatic hydroxyl groups excluding tert-OH is 2. The lowest BCUT2D eigenvalue weighted by Crippen LogP contribution is -2.16. The molecule has 2 aliphatic heterocycles. The predicted molar refractivity (Wildman–Crippen MR) is 61.2 cm³/mol. The monoisotopic (exact) mass is 254 g/mol. The van der Waals surface area contributed by atoms with Gasteiger partial charge in [-0.2, -0.15) is 0 Å². The second-order valence-electron chi connectivity index (χ2n) is 3.30. The molecule has 98 valence electrons. The Morgan fingerprint density at radius 1 is 0.833 bits per heavy atom. The average molecular weight is 254 g/mol. The summed E-state index contributed by atoms with van der Waals surface area (Å²) in [6.45, 7) is -0.0495. The van der Waals surface area contributed by atoms with Gasteiger partial charge in [0.05, 0.1) is 24.3 Å². The van der Waals surface area contributed by atoms with Crippen molar-refractivity contribution < 1.29 is 29.3 Å². The summed E-state index contributed by atoms with van der Waals surface area (Å²) in [6, 6.07) is 6.18. The summed E-state index contributed by atoms with van der Waals surface area (Å²) < 4.78 is 9.66. The minimum Gasteiger partial charge on any atom is -0.458 e. The van der Waals surface area contributed by atoms with Crippen LogP contribution in [-0.4, -0.2) is 48.6 Å². The van der Waals surface area contributed by atoms with Gasteiger partial charge in [0.2, 0.25) is 0 Å². The fraction of sp³-hybridized carbons (Fsp3) is 0.333. The summed E-state index contributed by atoms with van der Waals surface area (Å²) in [5.41, 5.74) is 0.895. The lowest BCUT2D eigenvalue weighted by atomic mass is 10.1. The molecule has 2 bridgehead atoms. The van der Waals surface area contributed by atoms with Gasteiger partial charge in [0.15, 0.2) is 0 Å². The molecule has 0 radical (unpaired) electrons. The van der Waals surface area contributed by atoms with Crippen LogP contribution >= 0.6 is 0 Å². The van der Waals surface area contributed by atoms with Crippen LogP contribution in [-0.2, 0) is 9.47 Å². The second kappa shape index (κ2) is 7.41. The summed E-state index contributed by atoms with van der Waals surface area (Å²) in [5.74, 6) is -0.788. The second-order valence-corrected chi connectivity index (χ2v) is 3.30. The summed E-state index contributed by atoms with van der Waals surface area (Å²) >= 11 is 0. The Kier molecular flexibility index (Phi) is 5.83. The highest BCUT2D eigenvalue weighted by atomic mass is 16.6. The molecule has 3 rings (SSSR count). The summed E-state index contributed by atoms with van der Waals surface area (Å²) in [5, 5.41) is 15.2. The molecule has 0 aromatic heterocycles. The van der Waals surface area contributed by atoms with E-state index < -0.39 is 11.9 Å². The number of carbonyl (C=O) groups is 2. The average Bonchev–Trinajstić information content (AvgIpc) is 2.43. The number of fused-ring (bicyclic) bond motifs is 7. The Balaban J connectivity index is 0.000000357. The molecule has 2 aliphatic rings. The Labute approximate surface area is 104 Å².